The first kappa shape index (κ1) is 14.0. The Morgan fingerprint density at radius 3 is 2.70 bits per heavy atom. The second-order valence-electron chi connectivity index (χ2n) is 4.07. The van der Waals surface area contributed by atoms with E-state index in [1.54, 1.807) is 23.6 Å². The number of amides is 1. The third kappa shape index (κ3) is 3.79. The van der Waals surface area contributed by atoms with Gasteiger partial charge in [-0.3, -0.25) is 9.59 Å². The number of carboxylic acid groups (broad SMARTS) is 1. The van der Waals surface area contributed by atoms with Crippen molar-refractivity contribution in [1.82, 2.24) is 4.98 Å². The minimum atomic E-state index is -0.970. The number of aromatic hydroxyl groups is 1. The highest BCUT2D eigenvalue weighted by atomic mass is 32.1. The first-order chi connectivity index (χ1) is 9.54. The van der Waals surface area contributed by atoms with Crippen LogP contribution in [0.25, 0.3) is 0 Å². The molecule has 0 aliphatic rings. The Balaban J connectivity index is 1.96. The molecule has 0 atom stereocenters. The monoisotopic (exact) mass is 292 g/mol. The van der Waals surface area contributed by atoms with Crippen LogP contribution in [0.3, 0.4) is 0 Å². The fourth-order valence-corrected chi connectivity index (χ4v) is 2.32. The van der Waals surface area contributed by atoms with Crippen LogP contribution in [0.2, 0.25) is 0 Å². The van der Waals surface area contributed by atoms with Gasteiger partial charge < -0.3 is 15.5 Å². The Labute approximate surface area is 118 Å². The lowest BCUT2D eigenvalue weighted by molar-refractivity contribution is -0.136. The van der Waals surface area contributed by atoms with Gasteiger partial charge in [0.15, 0.2) is 5.13 Å². The van der Waals surface area contributed by atoms with E-state index < -0.39 is 5.97 Å². The molecule has 0 radical (unpaired) electrons. The lowest BCUT2D eigenvalue weighted by Crippen LogP contribution is -2.14. The van der Waals surface area contributed by atoms with Gasteiger partial charge in [-0.1, -0.05) is 18.2 Å². The molecule has 7 heteroatoms. The molecule has 1 amide bonds. The minimum absolute atomic E-state index is 0.0283. The van der Waals surface area contributed by atoms with Crippen LogP contribution in [0.15, 0.2) is 29.6 Å². The van der Waals surface area contributed by atoms with E-state index in [-0.39, 0.29) is 24.5 Å². The Morgan fingerprint density at radius 2 is 2.00 bits per heavy atom. The first-order valence-electron chi connectivity index (χ1n) is 5.77. The van der Waals surface area contributed by atoms with Crippen molar-refractivity contribution >= 4 is 28.3 Å². The van der Waals surface area contributed by atoms with E-state index in [0.29, 0.717) is 16.4 Å². The zero-order chi connectivity index (χ0) is 14.5. The van der Waals surface area contributed by atoms with E-state index in [2.05, 4.69) is 10.3 Å². The standard InChI is InChI=1S/C13H12N2O4S/c16-10-4-2-1-3-8(10)5-11(17)15-13-14-9(7-20-13)6-12(18)19/h1-4,7,16H,5-6H2,(H,18,19)(H,14,15,17). The molecule has 0 saturated carbocycles. The van der Waals surface area contributed by atoms with E-state index in [4.69, 9.17) is 5.11 Å². The molecule has 6 nitrogen and oxygen atoms in total. The smallest absolute Gasteiger partial charge is 0.309 e. The Hall–Kier alpha value is -2.41. The Bertz CT molecular complexity index is 639. The molecule has 0 fully saturated rings. The molecule has 0 unspecified atom stereocenters. The van der Waals surface area contributed by atoms with Crippen molar-refractivity contribution in [2.45, 2.75) is 12.8 Å². The number of thiazole rings is 1. The number of carboxylic acids is 1. The number of phenols is 1. The molecular formula is C13H12N2O4S. The topological polar surface area (TPSA) is 99.5 Å². The molecule has 0 aliphatic heterocycles. The molecule has 1 aromatic heterocycles. The number of benzene rings is 1. The predicted octanol–water partition coefficient (Wildman–Crippen LogP) is 1.66. The van der Waals surface area contributed by atoms with Gasteiger partial charge in [-0.05, 0) is 6.07 Å². The SMILES string of the molecule is O=C(O)Cc1csc(NC(=O)Cc2ccccc2O)n1. The van der Waals surface area contributed by atoms with Gasteiger partial charge in [0.1, 0.15) is 5.75 Å². The number of para-hydroxylation sites is 1. The molecule has 1 heterocycles. The van der Waals surface area contributed by atoms with E-state index in [0.717, 1.165) is 0 Å². The summed E-state index contributed by atoms with van der Waals surface area (Å²) < 4.78 is 0. The van der Waals surface area contributed by atoms with Gasteiger partial charge >= 0.3 is 5.97 Å². The molecular weight excluding hydrogens is 280 g/mol. The number of nitrogens with zero attached hydrogens (tertiary/aromatic N) is 1. The predicted molar refractivity (Wildman–Crippen MR) is 73.9 cm³/mol. The van der Waals surface area contributed by atoms with Crippen LogP contribution in [0.1, 0.15) is 11.3 Å². The van der Waals surface area contributed by atoms with Gasteiger partial charge in [0.2, 0.25) is 5.91 Å². The summed E-state index contributed by atoms with van der Waals surface area (Å²) in [4.78, 5) is 26.3. The van der Waals surface area contributed by atoms with Crippen LogP contribution in [0, 0.1) is 0 Å². The summed E-state index contributed by atoms with van der Waals surface area (Å²) in [5.74, 6) is -1.22. The van der Waals surface area contributed by atoms with Crippen molar-refractivity contribution in [1.29, 1.82) is 0 Å². The van der Waals surface area contributed by atoms with Crippen molar-refractivity contribution in [3.8, 4) is 5.75 Å². The third-order valence-corrected chi connectivity index (χ3v) is 3.28. The van der Waals surface area contributed by atoms with Crippen LogP contribution in [-0.4, -0.2) is 27.1 Å². The number of rotatable bonds is 5. The van der Waals surface area contributed by atoms with Crippen molar-refractivity contribution < 1.29 is 19.8 Å². The minimum Gasteiger partial charge on any atom is -0.508 e. The van der Waals surface area contributed by atoms with Crippen molar-refractivity contribution in [3.05, 3.63) is 40.9 Å². The van der Waals surface area contributed by atoms with Gasteiger partial charge in [0.05, 0.1) is 18.5 Å². The summed E-state index contributed by atoms with van der Waals surface area (Å²) >= 11 is 1.17. The highest BCUT2D eigenvalue weighted by molar-refractivity contribution is 7.13. The van der Waals surface area contributed by atoms with E-state index in [1.165, 1.54) is 17.4 Å². The highest BCUT2D eigenvalue weighted by Gasteiger charge is 2.11. The van der Waals surface area contributed by atoms with Crippen LogP contribution >= 0.6 is 11.3 Å². The maximum atomic E-state index is 11.8. The lowest BCUT2D eigenvalue weighted by Gasteiger charge is -2.03. The average molecular weight is 292 g/mol. The maximum Gasteiger partial charge on any atom is 0.309 e. The number of anilines is 1. The molecule has 20 heavy (non-hydrogen) atoms. The number of phenolic OH excluding ortho intramolecular Hbond substituents is 1. The molecule has 0 aliphatic carbocycles. The molecule has 2 aromatic rings. The van der Waals surface area contributed by atoms with Crippen LogP contribution in [-0.2, 0) is 22.4 Å². The van der Waals surface area contributed by atoms with Crippen LogP contribution in [0.5, 0.6) is 5.75 Å². The largest absolute Gasteiger partial charge is 0.508 e. The van der Waals surface area contributed by atoms with Gasteiger partial charge in [-0.2, -0.15) is 0 Å². The van der Waals surface area contributed by atoms with Crippen molar-refractivity contribution in [2.75, 3.05) is 5.32 Å². The summed E-state index contributed by atoms with van der Waals surface area (Å²) in [5.41, 5.74) is 0.924. The first-order valence-corrected chi connectivity index (χ1v) is 6.65. The summed E-state index contributed by atoms with van der Waals surface area (Å²) in [7, 11) is 0. The second kappa shape index (κ2) is 6.16. The number of nitrogens with one attached hydrogen (secondary N) is 1. The number of hydrogen-bond donors (Lipinski definition) is 3. The molecule has 3 N–H and O–H groups in total. The fraction of sp³-hybridized carbons (Fsp3) is 0.154. The normalized spacial score (nSPS) is 10.2. The van der Waals surface area contributed by atoms with Crippen molar-refractivity contribution in [3.63, 3.8) is 0 Å². The zero-order valence-corrected chi connectivity index (χ0v) is 11.2. The van der Waals surface area contributed by atoms with E-state index in [1.807, 2.05) is 0 Å². The lowest BCUT2D eigenvalue weighted by atomic mass is 10.1. The zero-order valence-electron chi connectivity index (χ0n) is 10.4. The van der Waals surface area contributed by atoms with Crippen LogP contribution < -0.4 is 5.32 Å². The van der Waals surface area contributed by atoms with Gasteiger partial charge in [-0.15, -0.1) is 11.3 Å². The maximum absolute atomic E-state index is 11.8. The summed E-state index contributed by atoms with van der Waals surface area (Å²) in [6, 6.07) is 6.58. The highest BCUT2D eigenvalue weighted by Crippen LogP contribution is 2.19. The average Bonchev–Trinajstić information content (AvgIpc) is 2.78. The van der Waals surface area contributed by atoms with Crippen LogP contribution in [0.4, 0.5) is 5.13 Å². The Kier molecular flexibility index (Phi) is 4.31. The van der Waals surface area contributed by atoms with Gasteiger partial charge in [0.25, 0.3) is 0 Å². The number of carbonyl (C=O) groups excluding carboxylic acids is 1. The number of hydrogen-bond acceptors (Lipinski definition) is 5. The van der Waals surface area contributed by atoms with Gasteiger partial charge in [0, 0.05) is 10.9 Å². The molecule has 0 spiro atoms. The number of aliphatic carboxylic acids is 1. The second-order valence-corrected chi connectivity index (χ2v) is 4.93. The number of carbonyl (C=O) groups is 2. The summed E-state index contributed by atoms with van der Waals surface area (Å²) in [5, 5.41) is 22.7. The number of aromatic nitrogens is 1. The summed E-state index contributed by atoms with van der Waals surface area (Å²) in [6.45, 7) is 0. The molecule has 0 bridgehead atoms. The molecule has 2 rings (SSSR count). The molecule has 104 valence electrons. The van der Waals surface area contributed by atoms with Gasteiger partial charge in [-0.25, -0.2) is 4.98 Å². The van der Waals surface area contributed by atoms with Crippen molar-refractivity contribution in [2.24, 2.45) is 0 Å². The quantitative estimate of drug-likeness (QED) is 0.778. The molecule has 0 saturated heterocycles. The summed E-state index contributed by atoms with van der Waals surface area (Å²) in [6.07, 6.45) is -0.146. The Morgan fingerprint density at radius 1 is 1.25 bits per heavy atom. The fourth-order valence-electron chi connectivity index (χ4n) is 1.60. The third-order valence-electron chi connectivity index (χ3n) is 2.47. The van der Waals surface area contributed by atoms with E-state index in [9.17, 15) is 14.7 Å². The molecule has 1 aromatic carbocycles. The van der Waals surface area contributed by atoms with E-state index >= 15 is 0 Å².